The standard InChI is InChI=1S/C15H20FN5S/c1-2-19-11-17-21(15(19)22)12-18-7-9-20(10-8-18)14-5-3-13(16)4-6-14/h3-6,11H,2,7-10,12H2,1H3. The molecule has 0 unspecified atom stereocenters. The van der Waals surface area contributed by atoms with E-state index in [1.54, 1.807) is 6.33 Å². The average Bonchev–Trinajstić information content (AvgIpc) is 2.89. The smallest absolute Gasteiger partial charge is 0.198 e. The van der Waals surface area contributed by atoms with E-state index >= 15 is 0 Å². The highest BCUT2D eigenvalue weighted by Gasteiger charge is 2.18. The molecule has 1 fully saturated rings. The lowest BCUT2D eigenvalue weighted by Gasteiger charge is -2.35. The predicted octanol–water partition coefficient (Wildman–Crippen LogP) is 2.35. The lowest BCUT2D eigenvalue weighted by molar-refractivity contribution is 0.194. The Morgan fingerprint density at radius 2 is 1.82 bits per heavy atom. The van der Waals surface area contributed by atoms with E-state index in [1.165, 1.54) is 12.1 Å². The van der Waals surface area contributed by atoms with Crippen LogP contribution in [-0.2, 0) is 13.2 Å². The average molecular weight is 321 g/mol. The summed E-state index contributed by atoms with van der Waals surface area (Å²) in [4.78, 5) is 4.61. The van der Waals surface area contributed by atoms with Gasteiger partial charge in [-0.1, -0.05) is 0 Å². The molecule has 0 spiro atoms. The maximum Gasteiger partial charge on any atom is 0.198 e. The number of piperazine rings is 1. The van der Waals surface area contributed by atoms with Crippen LogP contribution in [0, 0.1) is 10.6 Å². The van der Waals surface area contributed by atoms with Gasteiger partial charge in [0.1, 0.15) is 12.1 Å². The first-order chi connectivity index (χ1) is 10.7. The number of aryl methyl sites for hydroxylation is 1. The summed E-state index contributed by atoms with van der Waals surface area (Å²) in [6.45, 7) is 7.36. The number of rotatable bonds is 4. The molecule has 1 aromatic heterocycles. The molecule has 0 atom stereocenters. The Morgan fingerprint density at radius 1 is 1.14 bits per heavy atom. The Labute approximate surface area is 134 Å². The van der Waals surface area contributed by atoms with Gasteiger partial charge in [0, 0.05) is 38.4 Å². The molecular formula is C15H20FN5S. The lowest BCUT2D eigenvalue weighted by atomic mass is 10.2. The fourth-order valence-electron chi connectivity index (χ4n) is 2.67. The normalized spacial score (nSPS) is 16.2. The highest BCUT2D eigenvalue weighted by molar-refractivity contribution is 7.71. The molecule has 0 amide bonds. The van der Waals surface area contributed by atoms with Gasteiger partial charge in [-0.15, -0.1) is 0 Å². The number of aromatic nitrogens is 3. The molecule has 1 aliphatic heterocycles. The van der Waals surface area contributed by atoms with Crippen LogP contribution in [0.25, 0.3) is 0 Å². The summed E-state index contributed by atoms with van der Waals surface area (Å²) in [6.07, 6.45) is 1.79. The number of anilines is 1. The van der Waals surface area contributed by atoms with Gasteiger partial charge in [0.2, 0.25) is 0 Å². The van der Waals surface area contributed by atoms with Crippen LogP contribution in [0.1, 0.15) is 6.92 Å². The van der Waals surface area contributed by atoms with Gasteiger partial charge in [0.25, 0.3) is 0 Å². The third-order valence-corrected chi connectivity index (χ3v) is 4.48. The molecular weight excluding hydrogens is 301 g/mol. The second-order valence-corrected chi connectivity index (χ2v) is 5.79. The van der Waals surface area contributed by atoms with Crippen molar-refractivity contribution in [1.82, 2.24) is 19.2 Å². The molecule has 3 rings (SSSR count). The zero-order valence-electron chi connectivity index (χ0n) is 12.7. The number of nitrogens with zero attached hydrogens (tertiary/aromatic N) is 5. The van der Waals surface area contributed by atoms with Crippen LogP contribution in [0.2, 0.25) is 0 Å². The van der Waals surface area contributed by atoms with Crippen molar-refractivity contribution in [3.05, 3.63) is 41.2 Å². The van der Waals surface area contributed by atoms with Gasteiger partial charge in [-0.2, -0.15) is 5.10 Å². The Bertz CT molecular complexity index is 670. The summed E-state index contributed by atoms with van der Waals surface area (Å²) >= 11 is 5.40. The van der Waals surface area contributed by atoms with Gasteiger partial charge in [0.05, 0.1) is 6.67 Å². The third-order valence-electron chi connectivity index (χ3n) is 4.04. The van der Waals surface area contributed by atoms with E-state index in [0.717, 1.165) is 49.9 Å². The Kier molecular flexibility index (Phi) is 4.54. The number of halogens is 1. The Hall–Kier alpha value is -1.73. The summed E-state index contributed by atoms with van der Waals surface area (Å²) in [5.74, 6) is -0.191. The van der Waals surface area contributed by atoms with Gasteiger partial charge < -0.3 is 9.47 Å². The van der Waals surface area contributed by atoms with Crippen LogP contribution in [0.3, 0.4) is 0 Å². The van der Waals surface area contributed by atoms with Crippen molar-refractivity contribution in [2.45, 2.75) is 20.1 Å². The molecule has 0 radical (unpaired) electrons. The molecule has 2 heterocycles. The monoisotopic (exact) mass is 321 g/mol. The van der Waals surface area contributed by atoms with Crippen LogP contribution < -0.4 is 4.90 Å². The molecule has 1 aliphatic rings. The molecule has 0 saturated carbocycles. The van der Waals surface area contributed by atoms with Gasteiger partial charge >= 0.3 is 0 Å². The van der Waals surface area contributed by atoms with Crippen LogP contribution in [0.4, 0.5) is 10.1 Å². The second kappa shape index (κ2) is 6.58. The second-order valence-electron chi connectivity index (χ2n) is 5.42. The lowest BCUT2D eigenvalue weighted by Crippen LogP contribution is -2.47. The largest absolute Gasteiger partial charge is 0.369 e. The van der Waals surface area contributed by atoms with E-state index in [2.05, 4.69) is 21.8 Å². The maximum absolute atomic E-state index is 13.0. The van der Waals surface area contributed by atoms with Crippen molar-refractivity contribution in [2.75, 3.05) is 31.1 Å². The number of hydrogen-bond donors (Lipinski definition) is 0. The third kappa shape index (κ3) is 3.20. The summed E-state index contributed by atoms with van der Waals surface area (Å²) in [5, 5.41) is 4.35. The van der Waals surface area contributed by atoms with Gasteiger partial charge in [-0.25, -0.2) is 9.07 Å². The van der Waals surface area contributed by atoms with E-state index in [0.29, 0.717) is 0 Å². The number of benzene rings is 1. The zero-order chi connectivity index (χ0) is 15.5. The van der Waals surface area contributed by atoms with Crippen molar-refractivity contribution < 1.29 is 4.39 Å². The fourth-order valence-corrected chi connectivity index (χ4v) is 2.96. The van der Waals surface area contributed by atoms with Gasteiger partial charge in [0.15, 0.2) is 4.77 Å². The van der Waals surface area contributed by atoms with Crippen LogP contribution in [-0.4, -0.2) is 45.4 Å². The highest BCUT2D eigenvalue weighted by atomic mass is 32.1. The van der Waals surface area contributed by atoms with E-state index < -0.39 is 0 Å². The first-order valence-electron chi connectivity index (χ1n) is 7.52. The molecule has 5 nitrogen and oxygen atoms in total. The van der Waals surface area contributed by atoms with Crippen molar-refractivity contribution in [1.29, 1.82) is 0 Å². The molecule has 0 aliphatic carbocycles. The van der Waals surface area contributed by atoms with Crippen LogP contribution >= 0.6 is 12.2 Å². The molecule has 0 bridgehead atoms. The summed E-state index contributed by atoms with van der Waals surface area (Å²) in [5.41, 5.74) is 1.08. The molecule has 118 valence electrons. The highest BCUT2D eigenvalue weighted by Crippen LogP contribution is 2.17. The SMILES string of the molecule is CCn1cnn(CN2CCN(c3ccc(F)cc3)CC2)c1=S. The molecule has 1 aromatic carbocycles. The molecule has 22 heavy (non-hydrogen) atoms. The Balaban J connectivity index is 1.58. The zero-order valence-corrected chi connectivity index (χ0v) is 13.5. The van der Waals surface area contributed by atoms with Crippen LogP contribution in [0.15, 0.2) is 30.6 Å². The fraction of sp³-hybridized carbons (Fsp3) is 0.467. The van der Waals surface area contributed by atoms with E-state index in [4.69, 9.17) is 12.2 Å². The molecule has 1 saturated heterocycles. The Morgan fingerprint density at radius 3 is 2.41 bits per heavy atom. The van der Waals surface area contributed by atoms with Crippen molar-refractivity contribution in [2.24, 2.45) is 0 Å². The topological polar surface area (TPSA) is 29.2 Å². The minimum absolute atomic E-state index is 0.191. The van der Waals surface area contributed by atoms with Crippen molar-refractivity contribution in [3.8, 4) is 0 Å². The summed E-state index contributed by atoms with van der Waals surface area (Å²) in [6, 6.07) is 6.70. The predicted molar refractivity (Wildman–Crippen MR) is 86.9 cm³/mol. The first-order valence-corrected chi connectivity index (χ1v) is 7.93. The first kappa shape index (κ1) is 15.2. The van der Waals surface area contributed by atoms with E-state index in [-0.39, 0.29) is 5.82 Å². The number of hydrogen-bond acceptors (Lipinski definition) is 4. The van der Waals surface area contributed by atoms with E-state index in [1.807, 2.05) is 21.4 Å². The van der Waals surface area contributed by atoms with Gasteiger partial charge in [-0.05, 0) is 43.4 Å². The van der Waals surface area contributed by atoms with Crippen molar-refractivity contribution in [3.63, 3.8) is 0 Å². The summed E-state index contributed by atoms with van der Waals surface area (Å²) < 4.78 is 17.6. The molecule has 7 heteroatoms. The minimum Gasteiger partial charge on any atom is -0.369 e. The molecule has 2 aromatic rings. The minimum atomic E-state index is -0.191. The van der Waals surface area contributed by atoms with Crippen LogP contribution in [0.5, 0.6) is 0 Å². The van der Waals surface area contributed by atoms with E-state index in [9.17, 15) is 4.39 Å². The maximum atomic E-state index is 13.0. The van der Waals surface area contributed by atoms with Crippen molar-refractivity contribution >= 4 is 17.9 Å². The molecule has 0 N–H and O–H groups in total. The quantitative estimate of drug-likeness (QED) is 0.809. The summed E-state index contributed by atoms with van der Waals surface area (Å²) in [7, 11) is 0. The van der Waals surface area contributed by atoms with Gasteiger partial charge in [-0.3, -0.25) is 4.90 Å².